The lowest BCUT2D eigenvalue weighted by molar-refractivity contribution is 0.299. The fourth-order valence-corrected chi connectivity index (χ4v) is 3.40. The summed E-state index contributed by atoms with van der Waals surface area (Å²) < 4.78 is 0. The van der Waals surface area contributed by atoms with Crippen molar-refractivity contribution in [3.63, 3.8) is 0 Å². The smallest absolute Gasteiger partial charge is 0.117 e. The summed E-state index contributed by atoms with van der Waals surface area (Å²) in [4.78, 5) is 0. The number of phenols is 1. The summed E-state index contributed by atoms with van der Waals surface area (Å²) in [5.41, 5.74) is 1.28. The van der Waals surface area contributed by atoms with Crippen LogP contribution in [0.1, 0.15) is 64.7 Å². The highest BCUT2D eigenvalue weighted by Gasteiger charge is 2.31. The van der Waals surface area contributed by atoms with Gasteiger partial charge in [-0.3, -0.25) is 0 Å². The quantitative estimate of drug-likeness (QED) is 0.502. The van der Waals surface area contributed by atoms with Crippen molar-refractivity contribution in [1.82, 2.24) is 0 Å². The average Bonchev–Trinajstić information content (AvgIpc) is 2.48. The third kappa shape index (κ3) is 5.11. The van der Waals surface area contributed by atoms with Crippen molar-refractivity contribution < 1.29 is 5.11 Å². The van der Waals surface area contributed by atoms with Gasteiger partial charge in [-0.2, -0.15) is 0 Å². The number of anilines is 1. The largest absolute Gasteiger partial charge is 0.508 e. The first-order chi connectivity index (χ1) is 10.2. The maximum atomic E-state index is 9.65. The molecule has 1 aliphatic rings. The van der Waals surface area contributed by atoms with Crippen molar-refractivity contribution in [3.8, 4) is 5.75 Å². The van der Waals surface area contributed by atoms with Crippen LogP contribution in [0.2, 0.25) is 0 Å². The van der Waals surface area contributed by atoms with Crippen molar-refractivity contribution in [1.29, 1.82) is 0 Å². The summed E-state index contributed by atoms with van der Waals surface area (Å²) >= 11 is 0. The monoisotopic (exact) mass is 287 g/mol. The van der Waals surface area contributed by atoms with Crippen LogP contribution in [0.3, 0.4) is 0 Å². The van der Waals surface area contributed by atoms with E-state index < -0.39 is 0 Å². The van der Waals surface area contributed by atoms with E-state index in [0.717, 1.165) is 12.1 Å². The molecule has 0 amide bonds. The van der Waals surface area contributed by atoms with E-state index in [1.54, 1.807) is 6.07 Å². The summed E-state index contributed by atoms with van der Waals surface area (Å²) in [6.45, 7) is 2.18. The molecular weight excluding hydrogens is 258 g/mol. The normalized spacial score (nSPS) is 18.0. The van der Waals surface area contributed by atoms with Gasteiger partial charge in [0.05, 0.1) is 0 Å². The standard InChI is InChI=1S/C19H29NO/c1-2-3-4-5-7-13-19(14-8-6-9-15-19)20-17-11-10-12-18(21)16-17/h3-4,10-12,16,20-21H,2,5-9,13-15H2,1H3. The molecule has 0 unspecified atom stereocenters. The van der Waals surface area contributed by atoms with Crippen molar-refractivity contribution in [2.75, 3.05) is 5.32 Å². The molecule has 1 aromatic rings. The molecule has 0 aromatic heterocycles. The Morgan fingerprint density at radius 3 is 2.71 bits per heavy atom. The molecule has 2 N–H and O–H groups in total. The van der Waals surface area contributed by atoms with E-state index >= 15 is 0 Å². The first-order valence-corrected chi connectivity index (χ1v) is 8.46. The molecule has 2 heteroatoms. The van der Waals surface area contributed by atoms with E-state index in [1.165, 1.54) is 51.4 Å². The Kier molecular flexibility index (Phi) is 6.16. The molecular formula is C19H29NO. The minimum absolute atomic E-state index is 0.228. The van der Waals surface area contributed by atoms with Crippen LogP contribution in [0.4, 0.5) is 5.69 Å². The van der Waals surface area contributed by atoms with Crippen molar-refractivity contribution >= 4 is 5.69 Å². The van der Waals surface area contributed by atoms with Gasteiger partial charge in [-0.1, -0.05) is 44.4 Å². The first kappa shape index (κ1) is 15.9. The van der Waals surface area contributed by atoms with Gasteiger partial charge in [0.25, 0.3) is 0 Å². The van der Waals surface area contributed by atoms with E-state index in [4.69, 9.17) is 0 Å². The minimum atomic E-state index is 0.228. The van der Waals surface area contributed by atoms with Gasteiger partial charge in [-0.05, 0) is 50.7 Å². The van der Waals surface area contributed by atoms with E-state index in [-0.39, 0.29) is 5.54 Å². The van der Waals surface area contributed by atoms with Gasteiger partial charge in [-0.25, -0.2) is 0 Å². The molecule has 116 valence electrons. The molecule has 1 saturated carbocycles. The van der Waals surface area contributed by atoms with Gasteiger partial charge >= 0.3 is 0 Å². The summed E-state index contributed by atoms with van der Waals surface area (Å²) in [6.07, 6.45) is 15.8. The van der Waals surface area contributed by atoms with Crippen LogP contribution in [-0.4, -0.2) is 10.6 Å². The topological polar surface area (TPSA) is 32.3 Å². The van der Waals surface area contributed by atoms with Gasteiger partial charge in [0.15, 0.2) is 0 Å². The fourth-order valence-electron chi connectivity index (χ4n) is 3.40. The highest BCUT2D eigenvalue weighted by atomic mass is 16.3. The Balaban J connectivity index is 1.97. The van der Waals surface area contributed by atoms with Crippen LogP contribution in [0, 0.1) is 0 Å². The summed E-state index contributed by atoms with van der Waals surface area (Å²) in [5.74, 6) is 0.344. The average molecular weight is 287 g/mol. The summed E-state index contributed by atoms with van der Waals surface area (Å²) in [6, 6.07) is 7.55. The predicted molar refractivity (Wildman–Crippen MR) is 90.8 cm³/mol. The molecule has 1 fully saturated rings. The number of rotatable bonds is 7. The molecule has 1 aromatic carbocycles. The van der Waals surface area contributed by atoms with E-state index in [2.05, 4.69) is 30.5 Å². The van der Waals surface area contributed by atoms with E-state index in [9.17, 15) is 5.11 Å². The Hall–Kier alpha value is -1.44. The molecule has 0 heterocycles. The van der Waals surface area contributed by atoms with Crippen molar-refractivity contribution in [3.05, 3.63) is 36.4 Å². The first-order valence-electron chi connectivity index (χ1n) is 8.46. The zero-order chi connectivity index (χ0) is 15.0. The lowest BCUT2D eigenvalue weighted by atomic mass is 9.78. The fraction of sp³-hybridized carbons (Fsp3) is 0.579. The number of phenolic OH excluding ortho intramolecular Hbond substituents is 1. The third-order valence-corrected chi connectivity index (χ3v) is 4.49. The molecule has 21 heavy (non-hydrogen) atoms. The Morgan fingerprint density at radius 2 is 2.00 bits per heavy atom. The lowest BCUT2D eigenvalue weighted by Crippen LogP contribution is -2.40. The van der Waals surface area contributed by atoms with Crippen LogP contribution < -0.4 is 5.32 Å². The summed E-state index contributed by atoms with van der Waals surface area (Å²) in [5, 5.41) is 13.4. The molecule has 2 nitrogen and oxygen atoms in total. The van der Waals surface area contributed by atoms with Gasteiger partial charge in [0.1, 0.15) is 5.75 Å². The molecule has 0 bridgehead atoms. The van der Waals surface area contributed by atoms with Gasteiger partial charge in [0, 0.05) is 17.3 Å². The highest BCUT2D eigenvalue weighted by molar-refractivity contribution is 5.49. The molecule has 0 aliphatic heterocycles. The Labute approximate surface area is 129 Å². The molecule has 1 aliphatic carbocycles. The second-order valence-electron chi connectivity index (χ2n) is 6.29. The number of nitrogens with one attached hydrogen (secondary N) is 1. The molecule has 0 spiro atoms. The van der Waals surface area contributed by atoms with Crippen LogP contribution in [-0.2, 0) is 0 Å². The van der Waals surface area contributed by atoms with Crippen molar-refractivity contribution in [2.24, 2.45) is 0 Å². The maximum absolute atomic E-state index is 9.65. The maximum Gasteiger partial charge on any atom is 0.117 e. The Bertz CT molecular complexity index is 447. The lowest BCUT2D eigenvalue weighted by Gasteiger charge is -2.39. The number of aromatic hydroxyl groups is 1. The van der Waals surface area contributed by atoms with Crippen LogP contribution >= 0.6 is 0 Å². The molecule has 0 atom stereocenters. The summed E-state index contributed by atoms with van der Waals surface area (Å²) in [7, 11) is 0. The zero-order valence-electron chi connectivity index (χ0n) is 13.3. The number of hydrogen-bond acceptors (Lipinski definition) is 2. The molecule has 0 radical (unpaired) electrons. The second-order valence-corrected chi connectivity index (χ2v) is 6.29. The second kappa shape index (κ2) is 8.11. The zero-order valence-corrected chi connectivity index (χ0v) is 13.3. The Morgan fingerprint density at radius 1 is 1.19 bits per heavy atom. The number of unbranched alkanes of at least 4 members (excludes halogenated alkanes) is 1. The number of hydrogen-bond donors (Lipinski definition) is 2. The molecule has 0 saturated heterocycles. The minimum Gasteiger partial charge on any atom is -0.508 e. The van der Waals surface area contributed by atoms with E-state index in [0.29, 0.717) is 5.75 Å². The van der Waals surface area contributed by atoms with Crippen LogP contribution in [0.25, 0.3) is 0 Å². The van der Waals surface area contributed by atoms with E-state index in [1.807, 2.05) is 12.1 Å². The predicted octanol–water partition coefficient (Wildman–Crippen LogP) is 5.64. The highest BCUT2D eigenvalue weighted by Crippen LogP contribution is 2.36. The molecule has 2 rings (SSSR count). The van der Waals surface area contributed by atoms with Crippen LogP contribution in [0.5, 0.6) is 5.75 Å². The van der Waals surface area contributed by atoms with Gasteiger partial charge in [0.2, 0.25) is 0 Å². The number of allylic oxidation sites excluding steroid dienone is 2. The van der Waals surface area contributed by atoms with Crippen molar-refractivity contribution in [2.45, 2.75) is 70.3 Å². The van der Waals surface area contributed by atoms with Gasteiger partial charge in [-0.15, -0.1) is 0 Å². The third-order valence-electron chi connectivity index (χ3n) is 4.49. The number of benzene rings is 1. The van der Waals surface area contributed by atoms with Gasteiger partial charge < -0.3 is 10.4 Å². The van der Waals surface area contributed by atoms with Crippen LogP contribution in [0.15, 0.2) is 36.4 Å². The SMILES string of the molecule is CCC=CCCCC1(Nc2cccc(O)c2)CCCCC1.